The molecule has 2 aromatic heterocycles. The first kappa shape index (κ1) is 28.3. The molecule has 7 nitrogen and oxygen atoms in total. The van der Waals surface area contributed by atoms with Crippen LogP contribution in [0.15, 0.2) is 58.4 Å². The van der Waals surface area contributed by atoms with E-state index in [1.54, 1.807) is 41.4 Å². The van der Waals surface area contributed by atoms with E-state index in [0.29, 0.717) is 64.7 Å². The summed E-state index contributed by atoms with van der Waals surface area (Å²) in [7, 11) is 0. The maximum absolute atomic E-state index is 14.4. The molecule has 2 fully saturated rings. The molecule has 0 atom stereocenters. The number of anilines is 2. The molecule has 2 aliphatic rings. The average Bonchev–Trinajstić information content (AvgIpc) is 3.24. The zero-order valence-corrected chi connectivity index (χ0v) is 24.4. The van der Waals surface area contributed by atoms with E-state index < -0.39 is 0 Å². The Labute approximate surface area is 243 Å². The van der Waals surface area contributed by atoms with Crippen molar-refractivity contribution in [2.45, 2.75) is 45.4 Å². The number of fused-ring (bicyclic) bond motifs is 1. The highest BCUT2D eigenvalue weighted by Gasteiger charge is 2.33. The number of unbranched alkanes of at least 4 members (excludes halogenated alkanes) is 5. The molecule has 2 saturated heterocycles. The zero-order valence-electron chi connectivity index (χ0n) is 22.7. The van der Waals surface area contributed by atoms with Gasteiger partial charge in [-0.15, -0.1) is 0 Å². The van der Waals surface area contributed by atoms with Gasteiger partial charge in [0.15, 0.2) is 0 Å². The summed E-state index contributed by atoms with van der Waals surface area (Å²) < 4.78 is 16.4. The highest BCUT2D eigenvalue weighted by atomic mass is 32.2. The SMILES string of the molecule is CCCCCCCCN1C(=O)/C(=C\c2c(N3CCN(c4ccccc4F)CC3)nc3ccccn3c2=O)SC1=S. The van der Waals surface area contributed by atoms with E-state index in [1.165, 1.54) is 41.5 Å². The van der Waals surface area contributed by atoms with Gasteiger partial charge >= 0.3 is 0 Å². The third-order valence-electron chi connectivity index (χ3n) is 7.41. The summed E-state index contributed by atoms with van der Waals surface area (Å²) in [6.07, 6.45) is 10.1. The Morgan fingerprint density at radius 3 is 2.42 bits per heavy atom. The Balaban J connectivity index is 1.39. The van der Waals surface area contributed by atoms with Crippen LogP contribution in [-0.4, -0.2) is 57.2 Å². The van der Waals surface area contributed by atoms with E-state index in [1.807, 2.05) is 17.0 Å². The van der Waals surface area contributed by atoms with Gasteiger partial charge in [0.05, 0.1) is 16.2 Å². The highest BCUT2D eigenvalue weighted by molar-refractivity contribution is 8.26. The number of hydrogen-bond acceptors (Lipinski definition) is 7. The second-order valence-corrected chi connectivity index (χ2v) is 11.8. The highest BCUT2D eigenvalue weighted by Crippen LogP contribution is 2.34. The van der Waals surface area contributed by atoms with Crippen molar-refractivity contribution in [3.8, 4) is 0 Å². The lowest BCUT2D eigenvalue weighted by Gasteiger charge is -2.37. The molecule has 40 heavy (non-hydrogen) atoms. The van der Waals surface area contributed by atoms with Crippen molar-refractivity contribution >= 4 is 57.4 Å². The van der Waals surface area contributed by atoms with Crippen LogP contribution in [0.3, 0.4) is 0 Å². The number of nitrogens with zero attached hydrogens (tertiary/aromatic N) is 5. The van der Waals surface area contributed by atoms with E-state index in [9.17, 15) is 14.0 Å². The van der Waals surface area contributed by atoms with Crippen molar-refractivity contribution in [1.29, 1.82) is 0 Å². The molecule has 1 aromatic carbocycles. The van der Waals surface area contributed by atoms with Gasteiger partial charge in [-0.05, 0) is 36.8 Å². The molecule has 0 radical (unpaired) electrons. The fourth-order valence-electron chi connectivity index (χ4n) is 5.20. The predicted octanol–water partition coefficient (Wildman–Crippen LogP) is 5.72. The number of benzene rings is 1. The number of aromatic nitrogens is 2. The van der Waals surface area contributed by atoms with E-state index in [4.69, 9.17) is 17.2 Å². The molecule has 0 saturated carbocycles. The van der Waals surface area contributed by atoms with Gasteiger partial charge in [0.2, 0.25) is 0 Å². The molecular formula is C30H34FN5O2S2. The normalized spacial score (nSPS) is 17.1. The van der Waals surface area contributed by atoms with Crippen LogP contribution in [0.5, 0.6) is 0 Å². The Morgan fingerprint density at radius 2 is 1.65 bits per heavy atom. The number of thioether (sulfide) groups is 1. The second kappa shape index (κ2) is 13.0. The lowest BCUT2D eigenvalue weighted by Crippen LogP contribution is -2.47. The first-order chi connectivity index (χ1) is 19.5. The van der Waals surface area contributed by atoms with Crippen LogP contribution < -0.4 is 15.4 Å². The minimum Gasteiger partial charge on any atom is -0.366 e. The number of thiocarbonyl (C=S) groups is 1. The van der Waals surface area contributed by atoms with Crippen molar-refractivity contribution in [1.82, 2.24) is 14.3 Å². The minimum absolute atomic E-state index is 0.156. The van der Waals surface area contributed by atoms with Crippen molar-refractivity contribution < 1.29 is 9.18 Å². The van der Waals surface area contributed by atoms with Crippen LogP contribution in [0, 0.1) is 5.82 Å². The summed E-state index contributed by atoms with van der Waals surface area (Å²) in [6, 6.07) is 12.2. The Kier molecular flexibility index (Phi) is 9.16. The van der Waals surface area contributed by atoms with Gasteiger partial charge in [0.25, 0.3) is 11.5 Å². The van der Waals surface area contributed by atoms with Gasteiger partial charge < -0.3 is 9.80 Å². The van der Waals surface area contributed by atoms with Crippen molar-refractivity contribution in [3.63, 3.8) is 0 Å². The minimum atomic E-state index is -0.248. The second-order valence-electron chi connectivity index (χ2n) is 10.1. The van der Waals surface area contributed by atoms with Crippen LogP contribution in [0.25, 0.3) is 11.7 Å². The number of amides is 1. The number of rotatable bonds is 10. The number of para-hydroxylation sites is 1. The molecule has 0 unspecified atom stereocenters. The van der Waals surface area contributed by atoms with E-state index in [2.05, 4.69) is 11.8 Å². The lowest BCUT2D eigenvalue weighted by molar-refractivity contribution is -0.122. The number of halogens is 1. The van der Waals surface area contributed by atoms with Crippen LogP contribution >= 0.6 is 24.0 Å². The van der Waals surface area contributed by atoms with Gasteiger partial charge in [-0.1, -0.05) is 81.2 Å². The van der Waals surface area contributed by atoms with Gasteiger partial charge in [-0.25, -0.2) is 9.37 Å². The van der Waals surface area contributed by atoms with Crippen LogP contribution in [-0.2, 0) is 4.79 Å². The van der Waals surface area contributed by atoms with Crippen LogP contribution in [0.4, 0.5) is 15.9 Å². The molecule has 210 valence electrons. The third kappa shape index (κ3) is 6.07. The molecule has 5 rings (SSSR count). The first-order valence-corrected chi connectivity index (χ1v) is 15.2. The molecule has 0 spiro atoms. The van der Waals surface area contributed by atoms with Crippen molar-refractivity contribution in [2.75, 3.05) is 42.5 Å². The van der Waals surface area contributed by atoms with Gasteiger partial charge in [0, 0.05) is 38.9 Å². The van der Waals surface area contributed by atoms with Gasteiger partial charge in [0.1, 0.15) is 21.6 Å². The summed E-state index contributed by atoms with van der Waals surface area (Å²) >= 11 is 6.79. The smallest absolute Gasteiger partial charge is 0.267 e. The summed E-state index contributed by atoms with van der Waals surface area (Å²) in [6.45, 7) is 5.06. The molecule has 1 amide bonds. The number of pyridine rings is 1. The molecule has 3 aromatic rings. The number of hydrogen-bond donors (Lipinski definition) is 0. The fraction of sp³-hybridized carbons (Fsp3) is 0.400. The average molecular weight is 580 g/mol. The van der Waals surface area contributed by atoms with E-state index in [-0.39, 0.29) is 17.3 Å². The predicted molar refractivity (Wildman–Crippen MR) is 166 cm³/mol. The Bertz CT molecular complexity index is 1480. The first-order valence-electron chi connectivity index (χ1n) is 14.0. The summed E-state index contributed by atoms with van der Waals surface area (Å²) in [5.74, 6) is 0.128. The topological polar surface area (TPSA) is 61.2 Å². The number of piperazine rings is 1. The molecule has 10 heteroatoms. The third-order valence-corrected chi connectivity index (χ3v) is 8.78. The summed E-state index contributed by atoms with van der Waals surface area (Å²) in [5, 5.41) is 0. The summed E-state index contributed by atoms with van der Waals surface area (Å²) in [5.41, 5.74) is 1.23. The van der Waals surface area contributed by atoms with Crippen molar-refractivity contribution in [3.05, 3.63) is 75.3 Å². The molecule has 4 heterocycles. The molecule has 2 aliphatic heterocycles. The molecule has 0 aliphatic carbocycles. The van der Waals surface area contributed by atoms with Crippen LogP contribution in [0.1, 0.15) is 51.0 Å². The summed E-state index contributed by atoms with van der Waals surface area (Å²) in [4.78, 5) is 38.1. The van der Waals surface area contributed by atoms with Gasteiger partial charge in [-0.3, -0.25) is 18.9 Å². The van der Waals surface area contributed by atoms with Crippen molar-refractivity contribution in [2.24, 2.45) is 0 Å². The Hall–Kier alpha value is -3.24. The van der Waals surface area contributed by atoms with Crippen LogP contribution in [0.2, 0.25) is 0 Å². The molecule has 0 N–H and O–H groups in total. The fourth-order valence-corrected chi connectivity index (χ4v) is 6.49. The number of carbonyl (C=O) groups is 1. The lowest BCUT2D eigenvalue weighted by atomic mass is 10.1. The largest absolute Gasteiger partial charge is 0.366 e. The monoisotopic (exact) mass is 579 g/mol. The molecular weight excluding hydrogens is 545 g/mol. The standard InChI is InChI=1S/C30H34FN5O2S2/c1-2-3-4-5-6-10-16-36-29(38)25(40-30(36)39)21-22-27(32-26-14-9-11-15-35(26)28(22)37)34-19-17-33(18-20-34)24-13-8-7-12-23(24)31/h7-9,11-15,21H,2-6,10,16-20H2,1H3/b25-21+. The molecule has 0 bridgehead atoms. The van der Waals surface area contributed by atoms with E-state index in [0.717, 1.165) is 19.3 Å². The maximum Gasteiger partial charge on any atom is 0.267 e. The van der Waals surface area contributed by atoms with Gasteiger partial charge in [-0.2, -0.15) is 0 Å². The maximum atomic E-state index is 14.4. The number of carbonyl (C=O) groups excluding carboxylic acids is 1. The zero-order chi connectivity index (χ0) is 28.1. The Morgan fingerprint density at radius 1 is 0.950 bits per heavy atom. The quantitative estimate of drug-likeness (QED) is 0.173. The van der Waals surface area contributed by atoms with E-state index >= 15 is 0 Å².